The number of nitrogens with zero attached hydrogens (tertiary/aromatic N) is 2. The molecule has 2 aromatic rings. The molecule has 0 spiro atoms. The molecule has 5 heteroatoms. The van der Waals surface area contributed by atoms with Gasteiger partial charge in [-0.25, -0.2) is 9.37 Å². The number of hydrogen-bond donors (Lipinski definition) is 1. The van der Waals surface area contributed by atoms with E-state index >= 15 is 0 Å². The number of halogens is 1. The van der Waals surface area contributed by atoms with E-state index in [0.717, 1.165) is 13.0 Å². The third-order valence-electron chi connectivity index (χ3n) is 2.68. The fourth-order valence-electron chi connectivity index (χ4n) is 1.76. The Labute approximate surface area is 111 Å². The van der Waals surface area contributed by atoms with Gasteiger partial charge in [0.05, 0.1) is 7.11 Å². The van der Waals surface area contributed by atoms with Crippen molar-refractivity contribution < 1.29 is 9.13 Å². The minimum absolute atomic E-state index is 0.199. The molecule has 0 aliphatic rings. The van der Waals surface area contributed by atoms with Crippen molar-refractivity contribution in [1.29, 1.82) is 0 Å². The van der Waals surface area contributed by atoms with Crippen LogP contribution in [0.15, 0.2) is 30.6 Å². The van der Waals surface area contributed by atoms with E-state index in [4.69, 9.17) is 4.74 Å². The first kappa shape index (κ1) is 13.3. The number of nitrogens with one attached hydrogen (secondary N) is 1. The SMILES string of the molecule is CCCNc1nccnc1-c1cccc(OC)c1F. The molecule has 0 bridgehead atoms. The normalized spacial score (nSPS) is 10.3. The number of anilines is 1. The van der Waals surface area contributed by atoms with Crippen molar-refractivity contribution in [3.8, 4) is 17.0 Å². The predicted octanol–water partition coefficient (Wildman–Crippen LogP) is 3.11. The molecular weight excluding hydrogens is 245 g/mol. The van der Waals surface area contributed by atoms with E-state index in [2.05, 4.69) is 22.2 Å². The smallest absolute Gasteiger partial charge is 0.174 e. The molecular formula is C14H16FN3O. The Morgan fingerprint density at radius 1 is 1.26 bits per heavy atom. The summed E-state index contributed by atoms with van der Waals surface area (Å²) >= 11 is 0. The van der Waals surface area contributed by atoms with E-state index < -0.39 is 5.82 Å². The van der Waals surface area contributed by atoms with Gasteiger partial charge >= 0.3 is 0 Å². The summed E-state index contributed by atoms with van der Waals surface area (Å²) in [7, 11) is 1.44. The molecule has 0 aliphatic heterocycles. The second-order valence-electron chi connectivity index (χ2n) is 4.00. The van der Waals surface area contributed by atoms with Gasteiger partial charge < -0.3 is 10.1 Å². The fourth-order valence-corrected chi connectivity index (χ4v) is 1.76. The maximum atomic E-state index is 14.2. The van der Waals surface area contributed by atoms with E-state index in [9.17, 15) is 4.39 Å². The summed E-state index contributed by atoms with van der Waals surface area (Å²) in [5, 5.41) is 3.15. The molecule has 1 heterocycles. The summed E-state index contributed by atoms with van der Waals surface area (Å²) in [5.41, 5.74) is 0.874. The molecule has 4 nitrogen and oxygen atoms in total. The topological polar surface area (TPSA) is 47.0 Å². The summed E-state index contributed by atoms with van der Waals surface area (Å²) in [5.74, 6) is 0.353. The number of ether oxygens (including phenoxy) is 1. The highest BCUT2D eigenvalue weighted by Gasteiger charge is 2.15. The Hall–Kier alpha value is -2.17. The quantitative estimate of drug-likeness (QED) is 0.898. The van der Waals surface area contributed by atoms with Crippen LogP contribution in [0.25, 0.3) is 11.3 Å². The zero-order chi connectivity index (χ0) is 13.7. The number of rotatable bonds is 5. The second-order valence-corrected chi connectivity index (χ2v) is 4.00. The molecule has 0 atom stereocenters. The Morgan fingerprint density at radius 3 is 2.79 bits per heavy atom. The maximum Gasteiger partial charge on any atom is 0.174 e. The largest absolute Gasteiger partial charge is 0.494 e. The van der Waals surface area contributed by atoms with Crippen LogP contribution in [-0.2, 0) is 0 Å². The minimum Gasteiger partial charge on any atom is -0.494 e. The van der Waals surface area contributed by atoms with Crippen molar-refractivity contribution in [1.82, 2.24) is 9.97 Å². The van der Waals surface area contributed by atoms with Gasteiger partial charge in [-0.15, -0.1) is 0 Å². The lowest BCUT2D eigenvalue weighted by molar-refractivity contribution is 0.387. The van der Waals surface area contributed by atoms with E-state index in [1.807, 2.05) is 0 Å². The van der Waals surface area contributed by atoms with Crippen LogP contribution in [0, 0.1) is 5.82 Å². The van der Waals surface area contributed by atoms with Gasteiger partial charge in [-0.3, -0.25) is 4.98 Å². The molecule has 0 unspecified atom stereocenters. The first-order valence-corrected chi connectivity index (χ1v) is 6.15. The van der Waals surface area contributed by atoms with Crippen molar-refractivity contribution in [2.45, 2.75) is 13.3 Å². The predicted molar refractivity (Wildman–Crippen MR) is 72.8 cm³/mol. The van der Waals surface area contributed by atoms with Crippen molar-refractivity contribution in [3.05, 3.63) is 36.4 Å². The Kier molecular flexibility index (Phi) is 4.28. The van der Waals surface area contributed by atoms with Crippen LogP contribution in [0.1, 0.15) is 13.3 Å². The third-order valence-corrected chi connectivity index (χ3v) is 2.68. The molecule has 1 aromatic carbocycles. The van der Waals surface area contributed by atoms with Crippen molar-refractivity contribution >= 4 is 5.82 Å². The van der Waals surface area contributed by atoms with Crippen LogP contribution in [0.2, 0.25) is 0 Å². The lowest BCUT2D eigenvalue weighted by atomic mass is 10.1. The summed E-state index contributed by atoms with van der Waals surface area (Å²) in [6.45, 7) is 2.81. The highest BCUT2D eigenvalue weighted by Crippen LogP contribution is 2.30. The molecule has 0 radical (unpaired) electrons. The van der Waals surface area contributed by atoms with Gasteiger partial charge in [0, 0.05) is 24.5 Å². The lowest BCUT2D eigenvalue weighted by Crippen LogP contribution is -2.05. The molecule has 19 heavy (non-hydrogen) atoms. The highest BCUT2D eigenvalue weighted by molar-refractivity contribution is 5.72. The van der Waals surface area contributed by atoms with E-state index in [1.54, 1.807) is 30.6 Å². The van der Waals surface area contributed by atoms with Gasteiger partial charge in [-0.1, -0.05) is 13.0 Å². The van der Waals surface area contributed by atoms with Crippen LogP contribution < -0.4 is 10.1 Å². The lowest BCUT2D eigenvalue weighted by Gasteiger charge is -2.11. The molecule has 100 valence electrons. The number of methoxy groups -OCH3 is 1. The average molecular weight is 261 g/mol. The number of hydrogen-bond acceptors (Lipinski definition) is 4. The number of benzene rings is 1. The van der Waals surface area contributed by atoms with Crippen LogP contribution in [0.4, 0.5) is 10.2 Å². The van der Waals surface area contributed by atoms with Crippen LogP contribution >= 0.6 is 0 Å². The van der Waals surface area contributed by atoms with Gasteiger partial charge in [0.1, 0.15) is 5.69 Å². The van der Waals surface area contributed by atoms with Crippen LogP contribution in [-0.4, -0.2) is 23.6 Å². The Balaban J connectivity index is 2.46. The van der Waals surface area contributed by atoms with E-state index in [-0.39, 0.29) is 5.75 Å². The van der Waals surface area contributed by atoms with Gasteiger partial charge in [-0.05, 0) is 18.6 Å². The molecule has 1 N–H and O–H groups in total. The summed E-state index contributed by atoms with van der Waals surface area (Å²) in [4.78, 5) is 8.43. The van der Waals surface area contributed by atoms with Gasteiger partial charge in [0.2, 0.25) is 0 Å². The summed E-state index contributed by atoms with van der Waals surface area (Å²) in [6.07, 6.45) is 4.08. The summed E-state index contributed by atoms with van der Waals surface area (Å²) < 4.78 is 19.2. The van der Waals surface area contributed by atoms with Crippen molar-refractivity contribution in [3.63, 3.8) is 0 Å². The molecule has 0 saturated carbocycles. The fraction of sp³-hybridized carbons (Fsp3) is 0.286. The van der Waals surface area contributed by atoms with E-state index in [1.165, 1.54) is 7.11 Å². The summed E-state index contributed by atoms with van der Waals surface area (Å²) in [6, 6.07) is 4.98. The minimum atomic E-state index is -0.426. The zero-order valence-corrected chi connectivity index (χ0v) is 11.0. The first-order chi connectivity index (χ1) is 9.27. The number of aromatic nitrogens is 2. The first-order valence-electron chi connectivity index (χ1n) is 6.15. The third kappa shape index (κ3) is 2.81. The van der Waals surface area contributed by atoms with Gasteiger partial charge in [-0.2, -0.15) is 0 Å². The van der Waals surface area contributed by atoms with E-state index in [0.29, 0.717) is 17.1 Å². The molecule has 0 amide bonds. The average Bonchev–Trinajstić information content (AvgIpc) is 2.46. The highest BCUT2D eigenvalue weighted by atomic mass is 19.1. The molecule has 0 aliphatic carbocycles. The molecule has 0 fully saturated rings. The molecule has 1 aromatic heterocycles. The standard InChI is InChI=1S/C14H16FN3O/c1-3-7-17-14-13(16-8-9-18-14)10-5-4-6-11(19-2)12(10)15/h4-6,8-9H,3,7H2,1-2H3,(H,17,18). The van der Waals surface area contributed by atoms with Gasteiger partial charge in [0.25, 0.3) is 0 Å². The maximum absolute atomic E-state index is 14.2. The van der Waals surface area contributed by atoms with Crippen LogP contribution in [0.3, 0.4) is 0 Å². The van der Waals surface area contributed by atoms with Crippen LogP contribution in [0.5, 0.6) is 5.75 Å². The second kappa shape index (κ2) is 6.13. The Bertz CT molecular complexity index is 560. The van der Waals surface area contributed by atoms with Crippen molar-refractivity contribution in [2.75, 3.05) is 19.0 Å². The zero-order valence-electron chi connectivity index (χ0n) is 11.0. The molecule has 0 saturated heterocycles. The monoisotopic (exact) mass is 261 g/mol. The molecule has 2 rings (SSSR count). The Morgan fingerprint density at radius 2 is 2.05 bits per heavy atom. The van der Waals surface area contributed by atoms with Gasteiger partial charge in [0.15, 0.2) is 17.4 Å². The van der Waals surface area contributed by atoms with Crippen molar-refractivity contribution in [2.24, 2.45) is 0 Å².